The van der Waals surface area contributed by atoms with Crippen LogP contribution < -0.4 is 5.32 Å². The fourth-order valence-corrected chi connectivity index (χ4v) is 3.69. The second-order valence-corrected chi connectivity index (χ2v) is 7.26. The maximum atomic E-state index is 12.2. The van der Waals surface area contributed by atoms with Gasteiger partial charge in [-0.15, -0.1) is 0 Å². The molecule has 1 aromatic heterocycles. The summed E-state index contributed by atoms with van der Waals surface area (Å²) in [6, 6.07) is 2.38. The zero-order chi connectivity index (χ0) is 21.9. The van der Waals surface area contributed by atoms with E-state index in [1.165, 1.54) is 0 Å². The van der Waals surface area contributed by atoms with Crippen LogP contribution in [0.4, 0.5) is 0 Å². The van der Waals surface area contributed by atoms with Crippen LogP contribution in [0.3, 0.4) is 0 Å². The van der Waals surface area contributed by atoms with E-state index in [9.17, 15) is 14.4 Å². The molecule has 0 bridgehead atoms. The number of likely N-dealkylation sites (tertiary alicyclic amines) is 1. The molecule has 3 atom stereocenters. The zero-order valence-electron chi connectivity index (χ0n) is 16.6. The number of carboxylic acid groups (broad SMARTS) is 2. The number of nitriles is 1. The summed E-state index contributed by atoms with van der Waals surface area (Å²) < 4.78 is 1.87. The summed E-state index contributed by atoms with van der Waals surface area (Å²) in [5.74, 6) is -1.86. The van der Waals surface area contributed by atoms with Crippen LogP contribution in [0.15, 0.2) is 24.8 Å². The van der Waals surface area contributed by atoms with E-state index in [2.05, 4.69) is 21.5 Å². The van der Waals surface area contributed by atoms with Gasteiger partial charge in [-0.3, -0.25) is 9.48 Å². The number of carbonyl (C=O) groups is 3. The SMILES string of the molecule is N#C[C@@H]1CCCN1C(=O)CN[C@@H]1CC[C@H](Cn2cncn2)C1.O=C(O)C=CC(=O)O. The van der Waals surface area contributed by atoms with E-state index in [0.29, 0.717) is 30.7 Å². The van der Waals surface area contributed by atoms with Crippen LogP contribution in [0.5, 0.6) is 0 Å². The molecule has 11 heteroatoms. The van der Waals surface area contributed by atoms with Gasteiger partial charge in [0.15, 0.2) is 0 Å². The minimum atomic E-state index is -1.26. The van der Waals surface area contributed by atoms with Gasteiger partial charge in [0.1, 0.15) is 18.7 Å². The zero-order valence-corrected chi connectivity index (χ0v) is 16.6. The normalized spacial score (nSPS) is 23.0. The molecule has 1 aromatic rings. The molecule has 3 rings (SSSR count). The van der Waals surface area contributed by atoms with Gasteiger partial charge in [0.2, 0.25) is 5.91 Å². The number of hydrogen-bond donors (Lipinski definition) is 3. The van der Waals surface area contributed by atoms with Crippen LogP contribution in [0.25, 0.3) is 0 Å². The van der Waals surface area contributed by atoms with Crippen molar-refractivity contribution < 1.29 is 24.6 Å². The van der Waals surface area contributed by atoms with Gasteiger partial charge in [-0.25, -0.2) is 14.6 Å². The van der Waals surface area contributed by atoms with Crippen molar-refractivity contribution in [3.63, 3.8) is 0 Å². The van der Waals surface area contributed by atoms with E-state index in [1.54, 1.807) is 17.6 Å². The largest absolute Gasteiger partial charge is 0.478 e. The number of nitrogens with zero attached hydrogens (tertiary/aromatic N) is 5. The molecular weight excluding hydrogens is 392 g/mol. The maximum absolute atomic E-state index is 12.2. The highest BCUT2D eigenvalue weighted by atomic mass is 16.4. The standard InChI is InChI=1S/C15H22N6O.C4H4O4/c16-7-14-2-1-5-21(14)15(22)8-18-13-4-3-12(6-13)9-20-11-17-10-19-20;5-3(6)1-2-4(7)8/h10-14,18H,1-6,8-9H2;1-2H,(H,5,6)(H,7,8)/t12-,13+,14-;/m0./s1. The van der Waals surface area contributed by atoms with Crippen molar-refractivity contribution in [2.24, 2.45) is 5.92 Å². The van der Waals surface area contributed by atoms with Gasteiger partial charge in [0.05, 0.1) is 12.6 Å². The number of carbonyl (C=O) groups excluding carboxylic acids is 1. The Bertz CT molecular complexity index is 772. The monoisotopic (exact) mass is 418 g/mol. The number of carboxylic acids is 2. The predicted octanol–water partition coefficient (Wildman–Crippen LogP) is 0.263. The van der Waals surface area contributed by atoms with Crippen molar-refractivity contribution in [2.45, 2.75) is 50.7 Å². The third-order valence-electron chi connectivity index (χ3n) is 5.09. The van der Waals surface area contributed by atoms with Gasteiger partial charge < -0.3 is 20.4 Å². The Balaban J connectivity index is 0.000000343. The van der Waals surface area contributed by atoms with E-state index in [4.69, 9.17) is 15.5 Å². The lowest BCUT2D eigenvalue weighted by Gasteiger charge is -2.21. The molecule has 0 spiro atoms. The minimum absolute atomic E-state index is 0.0591. The first-order valence-electron chi connectivity index (χ1n) is 9.77. The smallest absolute Gasteiger partial charge is 0.328 e. The van der Waals surface area contributed by atoms with E-state index in [0.717, 1.165) is 45.2 Å². The average molecular weight is 418 g/mol. The Morgan fingerprint density at radius 3 is 2.53 bits per heavy atom. The first kappa shape index (κ1) is 23.0. The molecule has 1 aliphatic heterocycles. The molecule has 0 unspecified atom stereocenters. The number of aromatic nitrogens is 3. The van der Waals surface area contributed by atoms with Crippen LogP contribution >= 0.6 is 0 Å². The van der Waals surface area contributed by atoms with Gasteiger partial charge in [-0.05, 0) is 38.0 Å². The molecule has 1 amide bonds. The van der Waals surface area contributed by atoms with E-state index in [1.807, 2.05) is 4.68 Å². The molecule has 3 N–H and O–H groups in total. The molecule has 1 aliphatic carbocycles. The van der Waals surface area contributed by atoms with Crippen molar-refractivity contribution in [1.82, 2.24) is 25.0 Å². The lowest BCUT2D eigenvalue weighted by molar-refractivity contribution is -0.134. The van der Waals surface area contributed by atoms with Crippen molar-refractivity contribution in [3.8, 4) is 6.07 Å². The molecule has 30 heavy (non-hydrogen) atoms. The first-order valence-corrected chi connectivity index (χ1v) is 9.77. The summed E-state index contributed by atoms with van der Waals surface area (Å²) in [7, 11) is 0. The van der Waals surface area contributed by atoms with Gasteiger partial charge in [0.25, 0.3) is 0 Å². The molecule has 0 aromatic carbocycles. The number of aliphatic carboxylic acids is 2. The highest BCUT2D eigenvalue weighted by molar-refractivity contribution is 5.89. The Hall–Kier alpha value is -3.26. The first-order chi connectivity index (χ1) is 14.4. The minimum Gasteiger partial charge on any atom is -0.478 e. The summed E-state index contributed by atoms with van der Waals surface area (Å²) in [5, 5.41) is 32.2. The summed E-state index contributed by atoms with van der Waals surface area (Å²) >= 11 is 0. The Morgan fingerprint density at radius 2 is 1.93 bits per heavy atom. The Labute approximate surface area is 174 Å². The van der Waals surface area contributed by atoms with E-state index >= 15 is 0 Å². The topological polar surface area (TPSA) is 161 Å². The fourth-order valence-electron chi connectivity index (χ4n) is 3.69. The second-order valence-electron chi connectivity index (χ2n) is 7.26. The molecule has 2 heterocycles. The highest BCUT2D eigenvalue weighted by Gasteiger charge is 2.30. The Kier molecular flexibility index (Phi) is 8.96. The fraction of sp³-hybridized carbons (Fsp3) is 0.579. The van der Waals surface area contributed by atoms with Gasteiger partial charge >= 0.3 is 11.9 Å². The van der Waals surface area contributed by atoms with Crippen molar-refractivity contribution >= 4 is 17.8 Å². The number of rotatable bonds is 7. The predicted molar refractivity (Wildman–Crippen MR) is 104 cm³/mol. The lowest BCUT2D eigenvalue weighted by Crippen LogP contribution is -2.42. The van der Waals surface area contributed by atoms with E-state index < -0.39 is 11.9 Å². The summed E-state index contributed by atoms with van der Waals surface area (Å²) in [5.41, 5.74) is 0. The molecule has 1 saturated heterocycles. The van der Waals surface area contributed by atoms with Crippen molar-refractivity contribution in [2.75, 3.05) is 13.1 Å². The van der Waals surface area contributed by atoms with Crippen LogP contribution in [0.1, 0.15) is 32.1 Å². The quantitative estimate of drug-likeness (QED) is 0.527. The van der Waals surface area contributed by atoms with Gasteiger partial charge in [-0.2, -0.15) is 10.4 Å². The van der Waals surface area contributed by atoms with Crippen LogP contribution in [-0.2, 0) is 20.9 Å². The average Bonchev–Trinajstić information content (AvgIpc) is 3.47. The summed E-state index contributed by atoms with van der Waals surface area (Å²) in [6.45, 7) is 1.96. The number of hydrogen-bond acceptors (Lipinski definition) is 7. The molecule has 1 saturated carbocycles. The third kappa shape index (κ3) is 7.63. The molecule has 2 fully saturated rings. The van der Waals surface area contributed by atoms with Crippen LogP contribution in [0, 0.1) is 17.2 Å². The number of amides is 1. The van der Waals surface area contributed by atoms with Crippen LogP contribution in [-0.4, -0.2) is 72.9 Å². The van der Waals surface area contributed by atoms with E-state index in [-0.39, 0.29) is 11.9 Å². The number of nitrogens with one attached hydrogen (secondary N) is 1. The lowest BCUT2D eigenvalue weighted by atomic mass is 10.1. The van der Waals surface area contributed by atoms with Crippen molar-refractivity contribution in [1.29, 1.82) is 5.26 Å². The maximum Gasteiger partial charge on any atom is 0.328 e. The molecular formula is C19H26N6O5. The van der Waals surface area contributed by atoms with Crippen molar-refractivity contribution in [3.05, 3.63) is 24.8 Å². The molecule has 2 aliphatic rings. The highest BCUT2D eigenvalue weighted by Crippen LogP contribution is 2.26. The second kappa shape index (κ2) is 11.7. The molecule has 0 radical (unpaired) electrons. The molecule has 11 nitrogen and oxygen atoms in total. The summed E-state index contributed by atoms with van der Waals surface area (Å²) in [6.07, 6.45) is 9.48. The Morgan fingerprint density at radius 1 is 1.20 bits per heavy atom. The van der Waals surface area contributed by atoms with Crippen LogP contribution in [0.2, 0.25) is 0 Å². The third-order valence-corrected chi connectivity index (χ3v) is 5.09. The summed E-state index contributed by atoms with van der Waals surface area (Å²) in [4.78, 5) is 37.0. The van der Waals surface area contributed by atoms with Gasteiger partial charge in [0, 0.05) is 31.3 Å². The molecule has 162 valence electrons. The van der Waals surface area contributed by atoms with Gasteiger partial charge in [-0.1, -0.05) is 0 Å².